The number of nitrogens with one attached hydrogen (secondary N) is 2. The van der Waals surface area contributed by atoms with Crippen LogP contribution in [0, 0.1) is 5.92 Å². The summed E-state index contributed by atoms with van der Waals surface area (Å²) in [5, 5.41) is 5.55. The van der Waals surface area contributed by atoms with Gasteiger partial charge in [0.1, 0.15) is 11.5 Å². The molecule has 138 valence electrons. The Hall–Kier alpha value is -3.06. The number of hydrogen-bond acceptors (Lipinski definition) is 5. The standard InChI is InChI=1S/C19H23N3O4/c1-12(11-20)18(23)21-14-9-17(26-3)15(10-16(14)25-2)22-19(24)13-7-5-4-6-8-13/h4-10,12H,11,20H2,1-3H3,(H,21,23)(H,22,24). The van der Waals surface area contributed by atoms with E-state index in [0.29, 0.717) is 28.4 Å². The van der Waals surface area contributed by atoms with Gasteiger partial charge in [-0.3, -0.25) is 9.59 Å². The highest BCUT2D eigenvalue weighted by Gasteiger charge is 2.18. The summed E-state index contributed by atoms with van der Waals surface area (Å²) in [6, 6.07) is 12.0. The lowest BCUT2D eigenvalue weighted by atomic mass is 10.1. The molecule has 4 N–H and O–H groups in total. The van der Waals surface area contributed by atoms with Gasteiger partial charge in [-0.2, -0.15) is 0 Å². The lowest BCUT2D eigenvalue weighted by molar-refractivity contribution is -0.119. The third-order valence-corrected chi connectivity index (χ3v) is 3.86. The zero-order chi connectivity index (χ0) is 19.1. The van der Waals surface area contributed by atoms with Crippen LogP contribution in [0.25, 0.3) is 0 Å². The SMILES string of the molecule is COc1cc(NC(=O)C(C)CN)c(OC)cc1NC(=O)c1ccccc1. The van der Waals surface area contributed by atoms with Gasteiger partial charge in [0.15, 0.2) is 0 Å². The van der Waals surface area contributed by atoms with Crippen molar-refractivity contribution in [3.8, 4) is 11.5 Å². The van der Waals surface area contributed by atoms with Crippen LogP contribution in [0.5, 0.6) is 11.5 Å². The van der Waals surface area contributed by atoms with Crippen molar-refractivity contribution in [2.24, 2.45) is 11.7 Å². The quantitative estimate of drug-likeness (QED) is 0.706. The minimum Gasteiger partial charge on any atom is -0.494 e. The number of ether oxygens (including phenoxy) is 2. The number of amides is 2. The van der Waals surface area contributed by atoms with Gasteiger partial charge in [-0.05, 0) is 12.1 Å². The summed E-state index contributed by atoms with van der Waals surface area (Å²) in [7, 11) is 2.96. The van der Waals surface area contributed by atoms with Crippen LogP contribution in [0.3, 0.4) is 0 Å². The Morgan fingerprint density at radius 3 is 2.04 bits per heavy atom. The molecule has 2 amide bonds. The van der Waals surface area contributed by atoms with Gasteiger partial charge in [-0.25, -0.2) is 0 Å². The molecule has 2 aromatic carbocycles. The highest BCUT2D eigenvalue weighted by molar-refractivity contribution is 6.05. The smallest absolute Gasteiger partial charge is 0.255 e. The fraction of sp³-hybridized carbons (Fsp3) is 0.263. The monoisotopic (exact) mass is 357 g/mol. The first-order valence-corrected chi connectivity index (χ1v) is 8.13. The first-order valence-electron chi connectivity index (χ1n) is 8.13. The van der Waals surface area contributed by atoms with Crippen molar-refractivity contribution in [1.82, 2.24) is 0 Å². The van der Waals surface area contributed by atoms with Crippen LogP contribution < -0.4 is 25.8 Å². The second kappa shape index (κ2) is 8.87. The van der Waals surface area contributed by atoms with Crippen molar-refractivity contribution >= 4 is 23.2 Å². The van der Waals surface area contributed by atoms with E-state index in [1.807, 2.05) is 6.07 Å². The fourth-order valence-electron chi connectivity index (χ4n) is 2.24. The van der Waals surface area contributed by atoms with Crippen LogP contribution in [0.2, 0.25) is 0 Å². The number of nitrogens with two attached hydrogens (primary N) is 1. The normalized spacial score (nSPS) is 11.4. The molecule has 0 aromatic heterocycles. The molecule has 2 rings (SSSR count). The van der Waals surface area contributed by atoms with E-state index in [0.717, 1.165) is 0 Å². The molecule has 1 unspecified atom stereocenters. The fourth-order valence-corrected chi connectivity index (χ4v) is 2.24. The average molecular weight is 357 g/mol. The third kappa shape index (κ3) is 4.52. The number of benzene rings is 2. The van der Waals surface area contributed by atoms with Gasteiger partial charge >= 0.3 is 0 Å². The van der Waals surface area contributed by atoms with E-state index in [1.165, 1.54) is 14.2 Å². The van der Waals surface area contributed by atoms with E-state index in [4.69, 9.17) is 15.2 Å². The Morgan fingerprint density at radius 1 is 1.00 bits per heavy atom. The summed E-state index contributed by atoms with van der Waals surface area (Å²) in [6.45, 7) is 1.96. The molecule has 0 spiro atoms. The van der Waals surface area contributed by atoms with Crippen LogP contribution in [-0.4, -0.2) is 32.6 Å². The second-order valence-corrected chi connectivity index (χ2v) is 5.70. The summed E-state index contributed by atoms with van der Waals surface area (Å²) < 4.78 is 10.7. The van der Waals surface area contributed by atoms with E-state index in [-0.39, 0.29) is 24.3 Å². The third-order valence-electron chi connectivity index (χ3n) is 3.86. The molecule has 7 heteroatoms. The molecule has 0 saturated heterocycles. The topological polar surface area (TPSA) is 103 Å². The average Bonchev–Trinajstić information content (AvgIpc) is 2.68. The molecular formula is C19H23N3O4. The van der Waals surface area contributed by atoms with Crippen LogP contribution >= 0.6 is 0 Å². The first-order chi connectivity index (χ1) is 12.5. The molecule has 0 saturated carbocycles. The molecular weight excluding hydrogens is 334 g/mol. The Balaban J connectivity index is 2.30. The minimum absolute atomic E-state index is 0.228. The van der Waals surface area contributed by atoms with Crippen molar-refractivity contribution in [2.45, 2.75) is 6.92 Å². The van der Waals surface area contributed by atoms with Gasteiger partial charge in [0.25, 0.3) is 5.91 Å². The summed E-state index contributed by atoms with van der Waals surface area (Å²) in [5.41, 5.74) is 6.91. The predicted molar refractivity (Wildman–Crippen MR) is 101 cm³/mol. The molecule has 0 aliphatic rings. The van der Waals surface area contributed by atoms with Gasteiger partial charge in [0.2, 0.25) is 5.91 Å². The molecule has 2 aromatic rings. The lowest BCUT2D eigenvalue weighted by Gasteiger charge is -2.17. The highest BCUT2D eigenvalue weighted by Crippen LogP contribution is 2.36. The Bertz CT molecular complexity index is 778. The molecule has 1 atom stereocenters. The van der Waals surface area contributed by atoms with Crippen molar-refractivity contribution in [2.75, 3.05) is 31.4 Å². The summed E-state index contributed by atoms with van der Waals surface area (Å²) >= 11 is 0. The number of carbonyl (C=O) groups excluding carboxylic acids is 2. The van der Waals surface area contributed by atoms with Crippen molar-refractivity contribution in [3.63, 3.8) is 0 Å². The maximum atomic E-state index is 12.4. The van der Waals surface area contributed by atoms with Crippen LogP contribution in [0.15, 0.2) is 42.5 Å². The number of hydrogen-bond donors (Lipinski definition) is 3. The van der Waals surface area contributed by atoms with Crippen LogP contribution in [-0.2, 0) is 4.79 Å². The molecule has 0 fully saturated rings. The van der Waals surface area contributed by atoms with E-state index in [9.17, 15) is 9.59 Å². The second-order valence-electron chi connectivity index (χ2n) is 5.70. The molecule has 0 heterocycles. The number of methoxy groups -OCH3 is 2. The number of anilines is 2. The maximum Gasteiger partial charge on any atom is 0.255 e. The molecule has 0 radical (unpaired) electrons. The molecule has 0 bridgehead atoms. The van der Waals surface area contributed by atoms with Crippen LogP contribution in [0.1, 0.15) is 17.3 Å². The van der Waals surface area contributed by atoms with Gasteiger partial charge in [-0.15, -0.1) is 0 Å². The van der Waals surface area contributed by atoms with E-state index >= 15 is 0 Å². The van der Waals surface area contributed by atoms with Crippen molar-refractivity contribution in [3.05, 3.63) is 48.0 Å². The highest BCUT2D eigenvalue weighted by atomic mass is 16.5. The molecule has 26 heavy (non-hydrogen) atoms. The zero-order valence-corrected chi connectivity index (χ0v) is 15.0. The summed E-state index contributed by atoms with van der Waals surface area (Å²) in [5.74, 6) is -0.0610. The Kier molecular flexibility index (Phi) is 6.57. The molecule has 0 aliphatic heterocycles. The maximum absolute atomic E-state index is 12.4. The van der Waals surface area contributed by atoms with E-state index < -0.39 is 0 Å². The Morgan fingerprint density at radius 2 is 1.54 bits per heavy atom. The summed E-state index contributed by atoms with van der Waals surface area (Å²) in [6.07, 6.45) is 0. The van der Waals surface area contributed by atoms with Crippen LogP contribution in [0.4, 0.5) is 11.4 Å². The minimum atomic E-state index is -0.344. The van der Waals surface area contributed by atoms with Gasteiger partial charge < -0.3 is 25.8 Å². The first kappa shape index (κ1) is 19.3. The van der Waals surface area contributed by atoms with Gasteiger partial charge in [0.05, 0.1) is 25.6 Å². The largest absolute Gasteiger partial charge is 0.494 e. The number of carbonyl (C=O) groups is 2. The molecule has 7 nitrogen and oxygen atoms in total. The Labute approximate surface area is 152 Å². The van der Waals surface area contributed by atoms with E-state index in [1.54, 1.807) is 43.3 Å². The van der Waals surface area contributed by atoms with Crippen molar-refractivity contribution in [1.29, 1.82) is 0 Å². The predicted octanol–water partition coefficient (Wildman–Crippen LogP) is 2.49. The summed E-state index contributed by atoms with van der Waals surface area (Å²) in [4.78, 5) is 24.5. The lowest BCUT2D eigenvalue weighted by Crippen LogP contribution is -2.26. The van der Waals surface area contributed by atoms with Crippen molar-refractivity contribution < 1.29 is 19.1 Å². The zero-order valence-electron chi connectivity index (χ0n) is 15.0. The molecule has 0 aliphatic carbocycles. The van der Waals surface area contributed by atoms with E-state index in [2.05, 4.69) is 10.6 Å². The van der Waals surface area contributed by atoms with Gasteiger partial charge in [-0.1, -0.05) is 25.1 Å². The van der Waals surface area contributed by atoms with Gasteiger partial charge in [0, 0.05) is 30.2 Å². The number of rotatable bonds is 7.